The lowest BCUT2D eigenvalue weighted by atomic mass is 10.3. The summed E-state index contributed by atoms with van der Waals surface area (Å²) < 4.78 is 7.50. The van der Waals surface area contributed by atoms with E-state index >= 15 is 0 Å². The van der Waals surface area contributed by atoms with Crippen molar-refractivity contribution in [1.29, 1.82) is 0 Å². The number of nitro groups is 1. The highest BCUT2D eigenvalue weighted by Gasteiger charge is 2.12. The lowest BCUT2D eigenvalue weighted by Gasteiger charge is -2.09. The number of aryl methyl sites for hydroxylation is 1. The number of amides is 2. The molecule has 9 nitrogen and oxygen atoms in total. The molecule has 1 aromatic heterocycles. The molecule has 126 valence electrons. The fourth-order valence-electron chi connectivity index (χ4n) is 1.79. The maximum atomic E-state index is 11.9. The number of nitrogens with one attached hydrogen (secondary N) is 2. The average Bonchev–Trinajstić information content (AvgIpc) is 2.89. The molecule has 1 heterocycles. The number of benzene rings is 1. The Morgan fingerprint density at radius 2 is 1.96 bits per heavy atom. The molecule has 0 radical (unpaired) electrons. The second-order valence-electron chi connectivity index (χ2n) is 4.70. The largest absolute Gasteiger partial charge is 0.484 e. The van der Waals surface area contributed by atoms with E-state index in [-0.39, 0.29) is 12.3 Å². The third kappa shape index (κ3) is 4.56. The predicted molar refractivity (Wildman–Crippen MR) is 87.3 cm³/mol. The number of rotatable bonds is 5. The standard InChI is InChI=1S/C14H13BrN4O5/c1-18-7-9(15)6-12(18)14(21)17-16-13(20)8-24-11-4-2-10(3-5-11)19(22)23/h2-7H,8H2,1H3,(H,16,20)(H,17,21). The minimum absolute atomic E-state index is 0.0761. The summed E-state index contributed by atoms with van der Waals surface area (Å²) in [7, 11) is 1.69. The zero-order valence-corrected chi connectivity index (χ0v) is 14.1. The number of nitro benzene ring substituents is 1. The van der Waals surface area contributed by atoms with Crippen LogP contribution >= 0.6 is 15.9 Å². The fraction of sp³-hybridized carbons (Fsp3) is 0.143. The molecule has 24 heavy (non-hydrogen) atoms. The maximum absolute atomic E-state index is 11.9. The number of hydrogen-bond acceptors (Lipinski definition) is 5. The summed E-state index contributed by atoms with van der Waals surface area (Å²) >= 11 is 3.25. The average molecular weight is 397 g/mol. The summed E-state index contributed by atoms with van der Waals surface area (Å²) in [4.78, 5) is 33.5. The van der Waals surface area contributed by atoms with Gasteiger partial charge in [-0.15, -0.1) is 0 Å². The summed E-state index contributed by atoms with van der Waals surface area (Å²) in [5.74, 6) is -0.754. The SMILES string of the molecule is Cn1cc(Br)cc1C(=O)NNC(=O)COc1ccc([N+](=O)[O-])cc1. The van der Waals surface area contributed by atoms with Crippen LogP contribution in [0, 0.1) is 10.1 Å². The number of nitrogens with zero attached hydrogens (tertiary/aromatic N) is 2. The van der Waals surface area contributed by atoms with E-state index in [1.807, 2.05) is 0 Å². The lowest BCUT2D eigenvalue weighted by molar-refractivity contribution is -0.384. The highest BCUT2D eigenvalue weighted by molar-refractivity contribution is 9.10. The van der Waals surface area contributed by atoms with Gasteiger partial charge in [-0.1, -0.05) is 0 Å². The molecule has 2 N–H and O–H groups in total. The van der Waals surface area contributed by atoms with Gasteiger partial charge in [-0.2, -0.15) is 0 Å². The number of carbonyl (C=O) groups excluding carboxylic acids is 2. The summed E-state index contributed by atoms with van der Waals surface area (Å²) in [6, 6.07) is 6.90. The maximum Gasteiger partial charge on any atom is 0.286 e. The van der Waals surface area contributed by atoms with Gasteiger partial charge >= 0.3 is 0 Å². The third-order valence-corrected chi connectivity index (χ3v) is 3.37. The van der Waals surface area contributed by atoms with Crippen LogP contribution in [0.25, 0.3) is 0 Å². The van der Waals surface area contributed by atoms with Gasteiger partial charge in [0.1, 0.15) is 11.4 Å². The Kier molecular flexibility index (Phi) is 5.53. The van der Waals surface area contributed by atoms with E-state index in [9.17, 15) is 19.7 Å². The first kappa shape index (κ1) is 17.5. The van der Waals surface area contributed by atoms with E-state index in [0.717, 1.165) is 4.47 Å². The predicted octanol–water partition coefficient (Wildman–Crippen LogP) is 1.54. The van der Waals surface area contributed by atoms with Crippen LogP contribution in [-0.4, -0.2) is 27.9 Å². The molecular weight excluding hydrogens is 384 g/mol. The van der Waals surface area contributed by atoms with Crippen LogP contribution in [0.5, 0.6) is 5.75 Å². The molecule has 2 amide bonds. The smallest absolute Gasteiger partial charge is 0.286 e. The number of halogens is 1. The number of aromatic nitrogens is 1. The van der Waals surface area contributed by atoms with Crippen LogP contribution in [0.2, 0.25) is 0 Å². The van der Waals surface area contributed by atoms with Crippen LogP contribution < -0.4 is 15.6 Å². The van der Waals surface area contributed by atoms with E-state index in [4.69, 9.17) is 4.74 Å². The molecule has 1 aromatic carbocycles. The monoisotopic (exact) mass is 396 g/mol. The zero-order chi connectivity index (χ0) is 17.7. The van der Waals surface area contributed by atoms with Crippen molar-refractivity contribution in [1.82, 2.24) is 15.4 Å². The van der Waals surface area contributed by atoms with Gasteiger partial charge < -0.3 is 9.30 Å². The van der Waals surface area contributed by atoms with Crippen LogP contribution in [0.3, 0.4) is 0 Å². The third-order valence-electron chi connectivity index (χ3n) is 2.94. The molecule has 0 saturated carbocycles. The fourth-order valence-corrected chi connectivity index (χ4v) is 2.31. The van der Waals surface area contributed by atoms with Crippen LogP contribution in [0.4, 0.5) is 5.69 Å². The van der Waals surface area contributed by atoms with Crippen LogP contribution in [0.15, 0.2) is 41.0 Å². The van der Waals surface area contributed by atoms with E-state index in [1.54, 1.807) is 23.9 Å². The first-order valence-corrected chi connectivity index (χ1v) is 7.44. The molecule has 2 rings (SSSR count). The molecule has 2 aromatic rings. The normalized spacial score (nSPS) is 10.1. The number of hydrogen-bond donors (Lipinski definition) is 2. The topological polar surface area (TPSA) is 116 Å². The summed E-state index contributed by atoms with van der Waals surface area (Å²) in [5.41, 5.74) is 4.76. The molecular formula is C14H13BrN4O5. The summed E-state index contributed by atoms with van der Waals surface area (Å²) in [6.45, 7) is -0.352. The van der Waals surface area contributed by atoms with Gasteiger partial charge in [0.15, 0.2) is 6.61 Å². The van der Waals surface area contributed by atoms with Crippen LogP contribution in [0.1, 0.15) is 10.5 Å². The van der Waals surface area contributed by atoms with Crippen molar-refractivity contribution in [3.63, 3.8) is 0 Å². The van der Waals surface area contributed by atoms with Crippen LogP contribution in [-0.2, 0) is 11.8 Å². The second kappa shape index (κ2) is 7.59. The highest BCUT2D eigenvalue weighted by atomic mass is 79.9. The van der Waals surface area contributed by atoms with Crippen molar-refractivity contribution < 1.29 is 19.2 Å². The van der Waals surface area contributed by atoms with Crippen molar-refractivity contribution in [2.75, 3.05) is 6.61 Å². The highest BCUT2D eigenvalue weighted by Crippen LogP contribution is 2.17. The molecule has 0 unspecified atom stereocenters. The van der Waals surface area contributed by atoms with Crippen molar-refractivity contribution in [2.24, 2.45) is 7.05 Å². The molecule has 0 spiro atoms. The molecule has 0 atom stereocenters. The van der Waals surface area contributed by atoms with Crippen molar-refractivity contribution in [3.8, 4) is 5.75 Å². The second-order valence-corrected chi connectivity index (χ2v) is 5.61. The van der Waals surface area contributed by atoms with Gasteiger partial charge in [0.2, 0.25) is 0 Å². The van der Waals surface area contributed by atoms with E-state index in [0.29, 0.717) is 11.4 Å². The molecule has 0 saturated heterocycles. The lowest BCUT2D eigenvalue weighted by Crippen LogP contribution is -2.44. The zero-order valence-electron chi connectivity index (χ0n) is 12.5. The quantitative estimate of drug-likeness (QED) is 0.587. The number of non-ortho nitro benzene ring substituents is 1. The molecule has 0 fully saturated rings. The Bertz CT molecular complexity index is 772. The van der Waals surface area contributed by atoms with Gasteiger partial charge in [0.25, 0.3) is 17.5 Å². The first-order chi connectivity index (χ1) is 11.4. The van der Waals surface area contributed by atoms with Gasteiger partial charge in [-0.05, 0) is 34.1 Å². The minimum atomic E-state index is -0.574. The molecule has 0 aliphatic rings. The van der Waals surface area contributed by atoms with Gasteiger partial charge in [-0.3, -0.25) is 30.6 Å². The first-order valence-electron chi connectivity index (χ1n) is 6.65. The van der Waals surface area contributed by atoms with E-state index in [1.165, 1.54) is 24.3 Å². The summed E-state index contributed by atoms with van der Waals surface area (Å²) in [5, 5.41) is 10.5. The van der Waals surface area contributed by atoms with Gasteiger partial charge in [0.05, 0.1) is 4.92 Å². The Hall–Kier alpha value is -2.88. The van der Waals surface area contributed by atoms with Gasteiger partial charge in [-0.25, -0.2) is 0 Å². The molecule has 0 aliphatic carbocycles. The number of ether oxygens (including phenoxy) is 1. The van der Waals surface area contributed by atoms with Crippen molar-refractivity contribution >= 4 is 33.4 Å². The van der Waals surface area contributed by atoms with E-state index < -0.39 is 16.7 Å². The minimum Gasteiger partial charge on any atom is -0.484 e. The van der Waals surface area contributed by atoms with Gasteiger partial charge in [0, 0.05) is 29.8 Å². The Labute approximate surface area is 144 Å². The molecule has 0 bridgehead atoms. The van der Waals surface area contributed by atoms with Crippen molar-refractivity contribution in [3.05, 3.63) is 56.8 Å². The number of hydrazine groups is 1. The van der Waals surface area contributed by atoms with Crippen molar-refractivity contribution in [2.45, 2.75) is 0 Å². The Morgan fingerprint density at radius 1 is 1.29 bits per heavy atom. The Balaban J connectivity index is 1.80. The summed E-state index contributed by atoms with van der Waals surface area (Å²) in [6.07, 6.45) is 1.70. The Morgan fingerprint density at radius 3 is 2.50 bits per heavy atom. The number of carbonyl (C=O) groups is 2. The van der Waals surface area contributed by atoms with E-state index in [2.05, 4.69) is 26.8 Å². The molecule has 10 heteroatoms. The molecule has 0 aliphatic heterocycles.